The summed E-state index contributed by atoms with van der Waals surface area (Å²) in [4.78, 5) is 14.3. The number of H-pyrrole nitrogens is 1. The predicted octanol–water partition coefficient (Wildman–Crippen LogP) is 2.46. The second-order valence-electron chi connectivity index (χ2n) is 6.54. The Morgan fingerprint density at radius 3 is 2.61 bits per heavy atom. The maximum absolute atomic E-state index is 12.5. The van der Waals surface area contributed by atoms with Crippen LogP contribution in [0.4, 0.5) is 4.79 Å². The third kappa shape index (κ3) is 3.55. The smallest absolute Gasteiger partial charge is 0.317 e. The summed E-state index contributed by atoms with van der Waals surface area (Å²) >= 11 is 0. The number of amides is 2. The van der Waals surface area contributed by atoms with Gasteiger partial charge in [0, 0.05) is 31.2 Å². The van der Waals surface area contributed by atoms with Gasteiger partial charge in [-0.1, -0.05) is 24.3 Å². The average molecular weight is 312 g/mol. The fraction of sp³-hybridized carbons (Fsp3) is 0.444. The van der Waals surface area contributed by atoms with Gasteiger partial charge in [-0.05, 0) is 43.9 Å². The van der Waals surface area contributed by atoms with Gasteiger partial charge in [-0.25, -0.2) is 4.79 Å². The molecule has 2 N–H and O–H groups in total. The summed E-state index contributed by atoms with van der Waals surface area (Å²) in [5, 5.41) is 10.2. The van der Waals surface area contributed by atoms with Gasteiger partial charge in [-0.15, -0.1) is 0 Å². The molecule has 1 aliphatic carbocycles. The van der Waals surface area contributed by atoms with Crippen LogP contribution in [0.2, 0.25) is 0 Å². The zero-order chi connectivity index (χ0) is 16.4. The van der Waals surface area contributed by atoms with E-state index in [1.165, 1.54) is 11.1 Å². The van der Waals surface area contributed by atoms with Gasteiger partial charge >= 0.3 is 6.03 Å². The number of nitrogens with one attached hydrogen (secondary N) is 2. The molecule has 2 amide bonds. The first kappa shape index (κ1) is 15.6. The van der Waals surface area contributed by atoms with Gasteiger partial charge < -0.3 is 10.2 Å². The molecule has 0 unspecified atom stereocenters. The SMILES string of the molecule is Cc1cc(C[C@@H](C)NC(=O)N(C)C2Cc3ccccc3C2)n[nH]1. The average Bonchev–Trinajstić information content (AvgIpc) is 3.12. The van der Waals surface area contributed by atoms with E-state index in [9.17, 15) is 4.79 Å². The molecule has 3 rings (SSSR count). The number of benzene rings is 1. The first-order valence-corrected chi connectivity index (χ1v) is 8.14. The lowest BCUT2D eigenvalue weighted by Gasteiger charge is -2.26. The van der Waals surface area contributed by atoms with Crippen molar-refractivity contribution < 1.29 is 4.79 Å². The second kappa shape index (κ2) is 6.44. The van der Waals surface area contributed by atoms with E-state index in [0.717, 1.165) is 30.7 Å². The molecule has 0 spiro atoms. The third-order valence-corrected chi connectivity index (χ3v) is 4.54. The van der Waals surface area contributed by atoms with E-state index in [2.05, 4.69) is 39.8 Å². The number of carbonyl (C=O) groups is 1. The number of likely N-dealkylation sites (N-methyl/N-ethyl adjacent to an activating group) is 1. The van der Waals surface area contributed by atoms with E-state index in [1.54, 1.807) is 0 Å². The summed E-state index contributed by atoms with van der Waals surface area (Å²) in [6.45, 7) is 3.99. The van der Waals surface area contributed by atoms with Gasteiger partial charge in [0.05, 0.1) is 5.69 Å². The molecule has 0 bridgehead atoms. The quantitative estimate of drug-likeness (QED) is 0.911. The van der Waals surface area contributed by atoms with Crippen LogP contribution in [0.5, 0.6) is 0 Å². The number of hydrogen-bond donors (Lipinski definition) is 2. The largest absolute Gasteiger partial charge is 0.335 e. The van der Waals surface area contributed by atoms with E-state index >= 15 is 0 Å². The van der Waals surface area contributed by atoms with Crippen molar-refractivity contribution in [3.63, 3.8) is 0 Å². The molecule has 122 valence electrons. The van der Waals surface area contributed by atoms with Crippen molar-refractivity contribution >= 4 is 6.03 Å². The van der Waals surface area contributed by atoms with Gasteiger partial charge in [0.1, 0.15) is 0 Å². The molecule has 5 heteroatoms. The minimum absolute atomic E-state index is 0.0115. The maximum atomic E-state index is 12.5. The Labute approximate surface area is 137 Å². The van der Waals surface area contributed by atoms with Crippen molar-refractivity contribution in [1.82, 2.24) is 20.4 Å². The van der Waals surface area contributed by atoms with E-state index in [-0.39, 0.29) is 18.1 Å². The Kier molecular flexibility index (Phi) is 4.37. The summed E-state index contributed by atoms with van der Waals surface area (Å²) < 4.78 is 0. The number of nitrogens with zero attached hydrogens (tertiary/aromatic N) is 2. The molecule has 0 fully saturated rings. The summed E-state index contributed by atoms with van der Waals surface area (Å²) in [6, 6.07) is 10.7. The lowest BCUT2D eigenvalue weighted by Crippen LogP contribution is -2.47. The van der Waals surface area contributed by atoms with Crippen molar-refractivity contribution in [2.24, 2.45) is 0 Å². The fourth-order valence-electron chi connectivity index (χ4n) is 3.23. The predicted molar refractivity (Wildman–Crippen MR) is 90.4 cm³/mol. The number of aryl methyl sites for hydroxylation is 1. The van der Waals surface area contributed by atoms with Crippen LogP contribution in [0.15, 0.2) is 30.3 Å². The Bertz CT molecular complexity index is 669. The Hall–Kier alpha value is -2.30. The molecule has 23 heavy (non-hydrogen) atoms. The molecule has 1 heterocycles. The van der Waals surface area contributed by atoms with Crippen molar-refractivity contribution in [1.29, 1.82) is 0 Å². The number of fused-ring (bicyclic) bond motifs is 1. The molecule has 5 nitrogen and oxygen atoms in total. The van der Waals surface area contributed by atoms with E-state index in [4.69, 9.17) is 0 Å². The molecule has 1 atom stereocenters. The zero-order valence-electron chi connectivity index (χ0n) is 14.0. The molecular weight excluding hydrogens is 288 g/mol. The summed E-state index contributed by atoms with van der Waals surface area (Å²) in [5.41, 5.74) is 4.74. The standard InChI is InChI=1S/C18H24N4O/c1-12(8-16-9-13(2)20-21-16)19-18(23)22(3)17-10-14-6-4-5-7-15(14)11-17/h4-7,9,12,17H,8,10-11H2,1-3H3,(H,19,23)(H,20,21)/t12-/m1/s1. The molecule has 2 aromatic rings. The van der Waals surface area contributed by atoms with Crippen LogP contribution >= 0.6 is 0 Å². The molecule has 1 aromatic carbocycles. The fourth-order valence-corrected chi connectivity index (χ4v) is 3.23. The molecule has 0 radical (unpaired) electrons. The van der Waals surface area contributed by atoms with Crippen molar-refractivity contribution in [3.8, 4) is 0 Å². The van der Waals surface area contributed by atoms with Gasteiger partial charge in [-0.2, -0.15) is 5.10 Å². The van der Waals surface area contributed by atoms with Crippen LogP contribution in [-0.4, -0.2) is 40.3 Å². The van der Waals surface area contributed by atoms with E-state index in [0.29, 0.717) is 0 Å². The molecular formula is C18H24N4O. The Morgan fingerprint density at radius 2 is 2.04 bits per heavy atom. The zero-order valence-corrected chi connectivity index (χ0v) is 14.0. The maximum Gasteiger partial charge on any atom is 0.317 e. The highest BCUT2D eigenvalue weighted by atomic mass is 16.2. The number of aromatic amines is 1. The number of carbonyl (C=O) groups excluding carboxylic acids is 1. The van der Waals surface area contributed by atoms with Crippen LogP contribution in [0.3, 0.4) is 0 Å². The van der Waals surface area contributed by atoms with Crippen molar-refractivity contribution in [3.05, 3.63) is 52.8 Å². The number of hydrogen-bond acceptors (Lipinski definition) is 2. The lowest BCUT2D eigenvalue weighted by atomic mass is 10.1. The van der Waals surface area contributed by atoms with E-state index < -0.39 is 0 Å². The number of urea groups is 1. The number of aromatic nitrogens is 2. The normalized spacial score (nSPS) is 15.3. The molecule has 1 aromatic heterocycles. The third-order valence-electron chi connectivity index (χ3n) is 4.54. The van der Waals surface area contributed by atoms with Gasteiger partial charge in [-0.3, -0.25) is 5.10 Å². The van der Waals surface area contributed by atoms with Gasteiger partial charge in [0.15, 0.2) is 0 Å². The highest BCUT2D eigenvalue weighted by molar-refractivity contribution is 5.74. The summed E-state index contributed by atoms with van der Waals surface area (Å²) in [5.74, 6) is 0. The van der Waals surface area contributed by atoms with Crippen LogP contribution in [-0.2, 0) is 19.3 Å². The first-order valence-electron chi connectivity index (χ1n) is 8.14. The van der Waals surface area contributed by atoms with Gasteiger partial charge in [0.2, 0.25) is 0 Å². The molecule has 0 saturated heterocycles. The highest BCUT2D eigenvalue weighted by Crippen LogP contribution is 2.24. The molecule has 0 aliphatic heterocycles. The monoisotopic (exact) mass is 312 g/mol. The van der Waals surface area contributed by atoms with E-state index in [1.807, 2.05) is 31.9 Å². The molecule has 0 saturated carbocycles. The highest BCUT2D eigenvalue weighted by Gasteiger charge is 2.27. The Morgan fingerprint density at radius 1 is 1.39 bits per heavy atom. The van der Waals surface area contributed by atoms with Crippen LogP contribution in [0, 0.1) is 6.92 Å². The minimum Gasteiger partial charge on any atom is -0.335 e. The lowest BCUT2D eigenvalue weighted by molar-refractivity contribution is 0.188. The van der Waals surface area contributed by atoms with Crippen LogP contribution < -0.4 is 5.32 Å². The topological polar surface area (TPSA) is 61.0 Å². The molecule has 1 aliphatic rings. The van der Waals surface area contributed by atoms with Crippen LogP contribution in [0.25, 0.3) is 0 Å². The van der Waals surface area contributed by atoms with Crippen molar-refractivity contribution in [2.45, 2.75) is 45.2 Å². The first-order chi connectivity index (χ1) is 11.0. The second-order valence-corrected chi connectivity index (χ2v) is 6.54. The summed E-state index contributed by atoms with van der Waals surface area (Å²) in [6.07, 6.45) is 2.61. The van der Waals surface area contributed by atoms with Gasteiger partial charge in [0.25, 0.3) is 0 Å². The Balaban J connectivity index is 1.54. The minimum atomic E-state index is -0.0115. The number of rotatable bonds is 4. The van der Waals surface area contributed by atoms with Crippen molar-refractivity contribution in [2.75, 3.05) is 7.05 Å². The summed E-state index contributed by atoms with van der Waals surface area (Å²) in [7, 11) is 1.89. The van der Waals surface area contributed by atoms with Crippen LogP contribution in [0.1, 0.15) is 29.4 Å².